The number of ether oxygens (including phenoxy) is 2. The van der Waals surface area contributed by atoms with E-state index in [1.165, 1.54) is 0 Å². The molecule has 0 saturated heterocycles. The van der Waals surface area contributed by atoms with E-state index in [9.17, 15) is 4.79 Å². The summed E-state index contributed by atoms with van der Waals surface area (Å²) in [5.41, 5.74) is 6.75. The number of carbonyl (C=O) groups excluding carboxylic acids is 1. The monoisotopic (exact) mass is 344 g/mol. The van der Waals surface area contributed by atoms with Crippen LogP contribution < -0.4 is 11.1 Å². The molecule has 0 radical (unpaired) electrons. The molecule has 0 atom stereocenters. The van der Waals surface area contributed by atoms with E-state index in [1.54, 1.807) is 19.2 Å². The summed E-state index contributed by atoms with van der Waals surface area (Å²) in [5.74, 6) is -0.149. The molecule has 20 heavy (non-hydrogen) atoms. The summed E-state index contributed by atoms with van der Waals surface area (Å²) < 4.78 is 11.0. The van der Waals surface area contributed by atoms with Gasteiger partial charge in [-0.25, -0.2) is 0 Å². The van der Waals surface area contributed by atoms with Crippen molar-refractivity contribution in [1.82, 2.24) is 5.32 Å². The van der Waals surface area contributed by atoms with Crippen LogP contribution in [0.5, 0.6) is 0 Å². The summed E-state index contributed by atoms with van der Waals surface area (Å²) >= 11 is 3.33. The Bertz CT molecular complexity index is 427. The minimum Gasteiger partial charge on any atom is -0.398 e. The van der Waals surface area contributed by atoms with Gasteiger partial charge in [0, 0.05) is 30.4 Å². The zero-order valence-corrected chi connectivity index (χ0v) is 13.2. The third-order valence-corrected chi connectivity index (χ3v) is 3.19. The van der Waals surface area contributed by atoms with Gasteiger partial charge in [0.15, 0.2) is 0 Å². The maximum absolute atomic E-state index is 11.9. The first-order valence-electron chi connectivity index (χ1n) is 6.55. The van der Waals surface area contributed by atoms with Gasteiger partial charge < -0.3 is 20.5 Å². The van der Waals surface area contributed by atoms with E-state index in [1.807, 2.05) is 6.07 Å². The highest BCUT2D eigenvalue weighted by Gasteiger charge is 2.09. The minimum atomic E-state index is -0.149. The van der Waals surface area contributed by atoms with E-state index < -0.39 is 0 Å². The first-order valence-corrected chi connectivity index (χ1v) is 7.34. The van der Waals surface area contributed by atoms with Crippen LogP contribution in [0.3, 0.4) is 0 Å². The van der Waals surface area contributed by atoms with Crippen molar-refractivity contribution in [2.45, 2.75) is 12.8 Å². The number of nitrogens with two attached hydrogens (primary N) is 1. The molecule has 0 fully saturated rings. The number of hydrogen-bond acceptors (Lipinski definition) is 4. The van der Waals surface area contributed by atoms with Crippen LogP contribution in [-0.4, -0.2) is 39.4 Å². The number of carbonyl (C=O) groups is 1. The van der Waals surface area contributed by atoms with Gasteiger partial charge in [0.2, 0.25) is 0 Å². The van der Waals surface area contributed by atoms with Gasteiger partial charge in [-0.3, -0.25) is 4.79 Å². The first kappa shape index (κ1) is 16.9. The van der Waals surface area contributed by atoms with Crippen LogP contribution in [0.15, 0.2) is 22.7 Å². The molecular weight excluding hydrogens is 324 g/mol. The molecule has 5 nitrogen and oxygen atoms in total. The lowest BCUT2D eigenvalue weighted by atomic mass is 10.1. The predicted molar refractivity (Wildman–Crippen MR) is 82.8 cm³/mol. The quantitative estimate of drug-likeness (QED) is 0.532. The Hall–Kier alpha value is -1.11. The molecule has 0 aliphatic carbocycles. The number of anilines is 1. The Balaban J connectivity index is 2.18. The van der Waals surface area contributed by atoms with Crippen molar-refractivity contribution in [3.05, 3.63) is 28.2 Å². The van der Waals surface area contributed by atoms with Crippen LogP contribution >= 0.6 is 15.9 Å². The fourth-order valence-electron chi connectivity index (χ4n) is 1.60. The topological polar surface area (TPSA) is 73.6 Å². The van der Waals surface area contributed by atoms with Crippen molar-refractivity contribution >= 4 is 27.5 Å². The van der Waals surface area contributed by atoms with Crippen molar-refractivity contribution in [3.63, 3.8) is 0 Å². The molecule has 1 amide bonds. The standard InChI is InChI=1S/C14H21BrN2O3/c1-19-8-9-20-7-3-2-6-17-14(18)12-10-11(15)4-5-13(12)16/h4-5,10H,2-3,6-9,16H2,1H3,(H,17,18). The summed E-state index contributed by atoms with van der Waals surface area (Å²) in [4.78, 5) is 11.9. The van der Waals surface area contributed by atoms with Crippen LogP contribution in [0, 0.1) is 0 Å². The van der Waals surface area contributed by atoms with Gasteiger partial charge in [0.05, 0.1) is 18.8 Å². The van der Waals surface area contributed by atoms with Gasteiger partial charge in [-0.15, -0.1) is 0 Å². The number of rotatable bonds is 9. The molecule has 0 saturated carbocycles. The molecule has 0 aromatic heterocycles. The second-order valence-electron chi connectivity index (χ2n) is 4.30. The average Bonchev–Trinajstić information content (AvgIpc) is 2.44. The molecule has 1 rings (SSSR count). The van der Waals surface area contributed by atoms with Crippen molar-refractivity contribution in [3.8, 4) is 0 Å². The Morgan fingerprint density at radius 1 is 1.30 bits per heavy atom. The van der Waals surface area contributed by atoms with Gasteiger partial charge in [-0.1, -0.05) is 15.9 Å². The normalized spacial score (nSPS) is 10.5. The Kier molecular flexibility index (Phi) is 8.25. The highest BCUT2D eigenvalue weighted by Crippen LogP contribution is 2.18. The minimum absolute atomic E-state index is 0.149. The Morgan fingerprint density at radius 3 is 2.85 bits per heavy atom. The van der Waals surface area contributed by atoms with Crippen LogP contribution in [0.25, 0.3) is 0 Å². The molecule has 1 aromatic rings. The van der Waals surface area contributed by atoms with Gasteiger partial charge in [0.25, 0.3) is 5.91 Å². The molecular formula is C14H21BrN2O3. The lowest BCUT2D eigenvalue weighted by Crippen LogP contribution is -2.25. The second-order valence-corrected chi connectivity index (χ2v) is 5.22. The van der Waals surface area contributed by atoms with Gasteiger partial charge >= 0.3 is 0 Å². The maximum Gasteiger partial charge on any atom is 0.253 e. The molecule has 0 aliphatic heterocycles. The molecule has 0 heterocycles. The van der Waals surface area contributed by atoms with Crippen LogP contribution in [0.1, 0.15) is 23.2 Å². The molecule has 0 bridgehead atoms. The van der Waals surface area contributed by atoms with Crippen LogP contribution in [0.2, 0.25) is 0 Å². The smallest absolute Gasteiger partial charge is 0.253 e. The van der Waals surface area contributed by atoms with Crippen molar-refractivity contribution < 1.29 is 14.3 Å². The molecule has 0 spiro atoms. The third-order valence-electron chi connectivity index (χ3n) is 2.69. The van der Waals surface area contributed by atoms with E-state index in [4.69, 9.17) is 15.2 Å². The number of hydrogen-bond donors (Lipinski definition) is 2. The highest BCUT2D eigenvalue weighted by atomic mass is 79.9. The van der Waals surface area contributed by atoms with E-state index in [2.05, 4.69) is 21.2 Å². The lowest BCUT2D eigenvalue weighted by molar-refractivity contribution is 0.0686. The Morgan fingerprint density at radius 2 is 2.10 bits per heavy atom. The van der Waals surface area contributed by atoms with E-state index in [0.717, 1.165) is 17.3 Å². The Labute approximate surface area is 127 Å². The second kappa shape index (κ2) is 9.74. The molecule has 3 N–H and O–H groups in total. The summed E-state index contributed by atoms with van der Waals surface area (Å²) in [7, 11) is 1.65. The maximum atomic E-state index is 11.9. The molecule has 112 valence electrons. The number of nitrogens with one attached hydrogen (secondary N) is 1. The summed E-state index contributed by atoms with van der Waals surface area (Å²) in [5, 5.41) is 2.85. The zero-order chi connectivity index (χ0) is 14.8. The van der Waals surface area contributed by atoms with Crippen molar-refractivity contribution in [2.24, 2.45) is 0 Å². The van der Waals surface area contributed by atoms with Gasteiger partial charge in [-0.2, -0.15) is 0 Å². The summed E-state index contributed by atoms with van der Waals surface area (Å²) in [6.45, 7) is 2.51. The lowest BCUT2D eigenvalue weighted by Gasteiger charge is -2.08. The largest absolute Gasteiger partial charge is 0.398 e. The number of amides is 1. The van der Waals surface area contributed by atoms with E-state index in [0.29, 0.717) is 37.6 Å². The van der Waals surface area contributed by atoms with Crippen molar-refractivity contribution in [2.75, 3.05) is 39.2 Å². The summed E-state index contributed by atoms with van der Waals surface area (Å²) in [6, 6.07) is 5.24. The third kappa shape index (κ3) is 6.36. The van der Waals surface area contributed by atoms with Crippen molar-refractivity contribution in [1.29, 1.82) is 0 Å². The average molecular weight is 345 g/mol. The van der Waals surface area contributed by atoms with Gasteiger partial charge in [0.1, 0.15) is 0 Å². The van der Waals surface area contributed by atoms with E-state index in [-0.39, 0.29) is 5.91 Å². The number of halogens is 1. The van der Waals surface area contributed by atoms with Crippen LogP contribution in [-0.2, 0) is 9.47 Å². The molecule has 6 heteroatoms. The van der Waals surface area contributed by atoms with Crippen LogP contribution in [0.4, 0.5) is 5.69 Å². The number of methoxy groups -OCH3 is 1. The number of nitrogen functional groups attached to an aromatic ring is 1. The highest BCUT2D eigenvalue weighted by molar-refractivity contribution is 9.10. The SMILES string of the molecule is COCCOCCCCNC(=O)c1cc(Br)ccc1N. The molecule has 0 aliphatic rings. The zero-order valence-electron chi connectivity index (χ0n) is 11.7. The van der Waals surface area contributed by atoms with E-state index >= 15 is 0 Å². The predicted octanol–water partition coefficient (Wildman–Crippen LogP) is 2.20. The summed E-state index contributed by atoms with van der Waals surface area (Å²) in [6.07, 6.45) is 1.77. The molecule has 0 unspecified atom stereocenters. The van der Waals surface area contributed by atoms with Gasteiger partial charge in [-0.05, 0) is 31.0 Å². The fraction of sp³-hybridized carbons (Fsp3) is 0.500. The molecule has 1 aromatic carbocycles. The fourth-order valence-corrected chi connectivity index (χ4v) is 1.96. The number of benzene rings is 1. The number of unbranched alkanes of at least 4 members (excludes halogenated alkanes) is 1. The first-order chi connectivity index (χ1) is 9.65.